The summed E-state index contributed by atoms with van der Waals surface area (Å²) < 4.78 is 5.85. The van der Waals surface area contributed by atoms with Gasteiger partial charge in [0.2, 0.25) is 40.9 Å². The summed E-state index contributed by atoms with van der Waals surface area (Å²) in [6.45, 7) is -0.0166. The maximum Gasteiger partial charge on any atom is 0.337 e. The number of carboxylic acid groups (broad SMARTS) is 1. The van der Waals surface area contributed by atoms with E-state index in [0.29, 0.717) is 19.3 Å². The Morgan fingerprint density at radius 2 is 1.30 bits per heavy atom. The minimum atomic E-state index is -1.59. The highest BCUT2D eigenvalue weighted by Crippen LogP contribution is 2.51. The first-order chi connectivity index (χ1) is 32.5. The predicted octanol–water partition coefficient (Wildman–Crippen LogP) is 2.86. The van der Waals surface area contributed by atoms with Gasteiger partial charge in [0.05, 0.1) is 57.5 Å². The third-order valence-electron chi connectivity index (χ3n) is 10.3. The van der Waals surface area contributed by atoms with E-state index in [1.165, 1.54) is 20.0 Å². The van der Waals surface area contributed by atoms with Crippen LogP contribution in [0.3, 0.4) is 0 Å². The summed E-state index contributed by atoms with van der Waals surface area (Å²) in [5.74, 6) is -8.64. The third-order valence-corrected chi connectivity index (χ3v) is 12.2. The summed E-state index contributed by atoms with van der Waals surface area (Å²) in [5, 5.41) is 53.8. The van der Waals surface area contributed by atoms with Gasteiger partial charge in [-0.15, -0.1) is 0 Å². The number of amides is 7. The molecule has 1 heterocycles. The van der Waals surface area contributed by atoms with Crippen LogP contribution in [0.4, 0.5) is 0 Å². The molecule has 0 aromatic heterocycles. The van der Waals surface area contributed by atoms with E-state index in [1.54, 1.807) is 6.92 Å². The molecule has 372 valence electrons. The van der Waals surface area contributed by atoms with E-state index in [2.05, 4.69) is 37.2 Å². The second-order valence-electron chi connectivity index (χ2n) is 15.1. The number of unbranched alkanes of at least 4 members (excludes halogenated alkanes) is 1. The van der Waals surface area contributed by atoms with Gasteiger partial charge in [0.25, 0.3) is 5.91 Å². The van der Waals surface area contributed by atoms with Gasteiger partial charge in [0.15, 0.2) is 17.1 Å². The van der Waals surface area contributed by atoms with Gasteiger partial charge in [-0.1, -0.05) is 83.0 Å². The Balaban J connectivity index is 1.33. The number of aromatic hydroxyl groups is 1. The fourth-order valence-electron chi connectivity index (χ4n) is 6.59. The molecule has 4 rings (SSSR count). The molecule has 4 atom stereocenters. The Bertz CT molecular complexity index is 2740. The SMILES string of the molecule is CNC(=O)[C@H](C)NC(=O)[C@H](CO)NC(=O)[C@H](CO)NC(=O)CNC(=O)CNC(=O)[C@@H](C)CCCCNC(=O)c1cc(Cl)c(C(=O)O)c(-c2c3cc(Cl)c(=O)c(Cl)c-3oc3c(Cl)c(O)c(Cl)cc23)c1Cl. The highest BCUT2D eigenvalue weighted by Gasteiger charge is 2.33. The van der Waals surface area contributed by atoms with Crippen molar-refractivity contribution in [2.45, 2.75) is 51.2 Å². The molecule has 2 aromatic rings. The molecular weight excluding hydrogens is 1040 g/mol. The van der Waals surface area contributed by atoms with Crippen molar-refractivity contribution in [3.8, 4) is 28.2 Å². The van der Waals surface area contributed by atoms with Crippen LogP contribution in [0.25, 0.3) is 33.4 Å². The summed E-state index contributed by atoms with van der Waals surface area (Å²) in [6, 6.07) is -0.750. The van der Waals surface area contributed by atoms with Crippen LogP contribution in [0.15, 0.2) is 27.4 Å². The lowest BCUT2D eigenvalue weighted by molar-refractivity contribution is -0.135. The second-order valence-corrected chi connectivity index (χ2v) is 17.4. The smallest absolute Gasteiger partial charge is 0.337 e. The van der Waals surface area contributed by atoms with Gasteiger partial charge in [-0.05, 0) is 38.0 Å². The van der Waals surface area contributed by atoms with Crippen molar-refractivity contribution in [1.82, 2.24) is 37.2 Å². The standard InChI is InChI=1S/C42H43Cl6N7O14/c1-15(37(62)52-11-25(58)51-12-26(59)54-23(13-56)41(66)55-24(14-57)40(65)53-16(2)38(63)49-3)6-4-5-7-50-39(64)19-10-20(43)28(42(67)68)29(30(19)46)27-17-8-21(44)33(60)31(47)35(17)69-36-18(27)9-22(45)34(61)32(36)48/h8-10,15-16,23-24,56-57,60H,4-7,11-14H2,1-3H3,(H,49,63)(H,50,64)(H,51,58)(H,52,62)(H,53,65)(H,54,59)(H,55,66)(H,67,68)/t15-,16-,23-,24-/m0/s1. The topological polar surface area (TPSA) is 332 Å². The van der Waals surface area contributed by atoms with E-state index in [4.69, 9.17) is 74.0 Å². The van der Waals surface area contributed by atoms with Crippen LogP contribution in [-0.4, -0.2) is 126 Å². The molecule has 0 spiro atoms. The van der Waals surface area contributed by atoms with Crippen LogP contribution in [0.5, 0.6) is 5.75 Å². The van der Waals surface area contributed by atoms with Crippen molar-refractivity contribution in [2.24, 2.45) is 5.92 Å². The number of hydrogen-bond donors (Lipinski definition) is 11. The molecule has 0 saturated carbocycles. The number of phenolic OH excluding ortho intramolecular Hbond substituents is 1. The number of likely N-dealkylation sites (N-methyl/N-ethyl adjacent to an activating group) is 1. The lowest BCUT2D eigenvalue weighted by atomic mass is 9.89. The molecule has 0 bridgehead atoms. The van der Waals surface area contributed by atoms with Gasteiger partial charge in [0.1, 0.15) is 28.2 Å². The molecule has 27 heteroatoms. The first-order valence-corrected chi connectivity index (χ1v) is 22.6. The van der Waals surface area contributed by atoms with Gasteiger partial charge in [0, 0.05) is 41.6 Å². The molecule has 69 heavy (non-hydrogen) atoms. The van der Waals surface area contributed by atoms with Crippen LogP contribution in [0.1, 0.15) is 53.8 Å². The van der Waals surface area contributed by atoms with Crippen molar-refractivity contribution in [1.29, 1.82) is 0 Å². The molecule has 21 nitrogen and oxygen atoms in total. The van der Waals surface area contributed by atoms with Crippen LogP contribution in [-0.2, 0) is 28.8 Å². The number of rotatable bonds is 21. The highest BCUT2D eigenvalue weighted by atomic mass is 35.5. The molecule has 2 aromatic carbocycles. The second kappa shape index (κ2) is 24.8. The number of benzene rings is 3. The molecule has 1 aliphatic carbocycles. The van der Waals surface area contributed by atoms with Crippen molar-refractivity contribution >= 4 is 128 Å². The molecule has 0 unspecified atom stereocenters. The highest BCUT2D eigenvalue weighted by molar-refractivity contribution is 6.44. The molecule has 2 aliphatic rings. The first-order valence-electron chi connectivity index (χ1n) is 20.4. The Kier molecular flexibility index (Phi) is 20.1. The third kappa shape index (κ3) is 13.4. The van der Waals surface area contributed by atoms with E-state index in [-0.39, 0.29) is 55.6 Å². The molecular formula is C42H43Cl6N7O14. The number of carbonyl (C=O) groups is 8. The molecule has 11 N–H and O–H groups in total. The molecule has 1 aliphatic heterocycles. The number of halogens is 6. The van der Waals surface area contributed by atoms with Gasteiger partial charge in [-0.3, -0.25) is 38.4 Å². The zero-order chi connectivity index (χ0) is 51.6. The fourth-order valence-corrected chi connectivity index (χ4v) is 8.19. The van der Waals surface area contributed by atoms with E-state index >= 15 is 0 Å². The molecule has 0 fully saturated rings. The van der Waals surface area contributed by atoms with Crippen LogP contribution >= 0.6 is 69.6 Å². The van der Waals surface area contributed by atoms with Crippen LogP contribution < -0.4 is 42.6 Å². The van der Waals surface area contributed by atoms with Crippen molar-refractivity contribution in [2.75, 3.05) is 39.9 Å². The number of fused-ring (bicyclic) bond motifs is 2. The maximum atomic E-state index is 13.6. The van der Waals surface area contributed by atoms with E-state index in [1.807, 2.05) is 0 Å². The Morgan fingerprint density at radius 3 is 1.93 bits per heavy atom. The first kappa shape index (κ1) is 55.9. The molecule has 0 radical (unpaired) electrons. The monoisotopic (exact) mass is 1080 g/mol. The summed E-state index contributed by atoms with van der Waals surface area (Å²) in [6.07, 6.45) is 1.01. The lowest BCUT2D eigenvalue weighted by Crippen LogP contribution is -2.58. The quantitative estimate of drug-likeness (QED) is 0.0423. The number of nitrogens with one attached hydrogen (secondary N) is 7. The van der Waals surface area contributed by atoms with Crippen molar-refractivity contribution in [3.05, 3.63) is 69.7 Å². The van der Waals surface area contributed by atoms with Crippen LogP contribution in [0, 0.1) is 5.92 Å². The van der Waals surface area contributed by atoms with E-state index < -0.39 is 134 Å². The van der Waals surface area contributed by atoms with Gasteiger partial charge in [-0.25, -0.2) is 4.79 Å². The van der Waals surface area contributed by atoms with Crippen LogP contribution in [0.2, 0.25) is 30.1 Å². The fraction of sp³-hybridized carbons (Fsp3) is 0.357. The summed E-state index contributed by atoms with van der Waals surface area (Å²) >= 11 is 38.6. The maximum absolute atomic E-state index is 13.6. The summed E-state index contributed by atoms with van der Waals surface area (Å²) in [7, 11) is 1.34. The average Bonchev–Trinajstić information content (AvgIpc) is 3.31. The largest absolute Gasteiger partial charge is 0.505 e. The zero-order valence-electron chi connectivity index (χ0n) is 36.3. The zero-order valence-corrected chi connectivity index (χ0v) is 40.9. The van der Waals surface area contributed by atoms with Crippen molar-refractivity contribution < 1.29 is 63.2 Å². The Hall–Kier alpha value is -5.65. The van der Waals surface area contributed by atoms with Gasteiger partial charge < -0.3 is 62.1 Å². The Labute approximate surface area is 421 Å². The summed E-state index contributed by atoms with van der Waals surface area (Å²) in [4.78, 5) is 113. The number of aliphatic hydroxyl groups is 2. The number of carbonyl (C=O) groups excluding carboxylic acids is 7. The van der Waals surface area contributed by atoms with E-state index in [9.17, 15) is 63.6 Å². The molecule has 0 saturated heterocycles. The Morgan fingerprint density at radius 1 is 0.681 bits per heavy atom. The number of hydrogen-bond acceptors (Lipinski definition) is 13. The van der Waals surface area contributed by atoms with E-state index in [0.717, 1.165) is 12.1 Å². The summed E-state index contributed by atoms with van der Waals surface area (Å²) in [5.41, 5.74) is -2.49. The minimum absolute atomic E-state index is 0.0341. The number of aliphatic hydroxyl groups excluding tert-OH is 2. The lowest BCUT2D eigenvalue weighted by Gasteiger charge is -2.22. The number of phenols is 1. The number of carboxylic acids is 1. The normalized spacial score (nSPS) is 12.9. The average molecular weight is 1080 g/mol. The minimum Gasteiger partial charge on any atom is -0.505 e. The molecule has 7 amide bonds. The van der Waals surface area contributed by atoms with Gasteiger partial charge >= 0.3 is 5.97 Å². The predicted molar refractivity (Wildman–Crippen MR) is 254 cm³/mol. The van der Waals surface area contributed by atoms with Gasteiger partial charge in [-0.2, -0.15) is 0 Å². The van der Waals surface area contributed by atoms with Crippen molar-refractivity contribution in [3.63, 3.8) is 0 Å². The number of aromatic carboxylic acids is 1.